The highest BCUT2D eigenvalue weighted by atomic mass is 16.2. The van der Waals surface area contributed by atoms with E-state index in [-0.39, 0.29) is 5.91 Å². The summed E-state index contributed by atoms with van der Waals surface area (Å²) in [5.41, 5.74) is 0.396. The van der Waals surface area contributed by atoms with Gasteiger partial charge in [0.05, 0.1) is 0 Å². The molecule has 0 radical (unpaired) electrons. The van der Waals surface area contributed by atoms with Crippen LogP contribution in [-0.4, -0.2) is 20.7 Å². The molecule has 0 saturated heterocycles. The number of pyridine rings is 1. The second-order valence-corrected chi connectivity index (χ2v) is 3.23. The molecule has 0 aromatic carbocycles. The zero-order valence-electron chi connectivity index (χ0n) is 8.92. The van der Waals surface area contributed by atoms with E-state index in [1.165, 1.54) is 0 Å². The number of carbonyl (C=O) groups is 1. The Hall–Kier alpha value is -2.17. The summed E-state index contributed by atoms with van der Waals surface area (Å²) >= 11 is 0. The largest absolute Gasteiger partial charge is 0.305 e. The smallest absolute Gasteiger partial charge is 0.277 e. The Balaban J connectivity index is 2.09. The predicted molar refractivity (Wildman–Crippen MR) is 60.1 cm³/mol. The number of carbonyl (C=O) groups excluding carboxylic acids is 1. The van der Waals surface area contributed by atoms with E-state index in [2.05, 4.69) is 15.4 Å². The fraction of sp³-hybridized carbons (Fsp3) is 0.182. The molecule has 2 heterocycles. The third-order valence-electron chi connectivity index (χ3n) is 2.10. The van der Waals surface area contributed by atoms with Gasteiger partial charge in [-0.05, 0) is 25.1 Å². The normalized spacial score (nSPS) is 10.1. The molecule has 16 heavy (non-hydrogen) atoms. The highest BCUT2D eigenvalue weighted by Crippen LogP contribution is 2.03. The maximum absolute atomic E-state index is 11.7. The molecule has 0 bridgehead atoms. The molecular formula is C11H12N4O. The van der Waals surface area contributed by atoms with Gasteiger partial charge in [0.15, 0.2) is 5.69 Å². The molecule has 1 N–H and O–H groups in total. The predicted octanol–water partition coefficient (Wildman–Crippen LogP) is 1.55. The Kier molecular flexibility index (Phi) is 2.95. The third-order valence-corrected chi connectivity index (χ3v) is 2.10. The summed E-state index contributed by atoms with van der Waals surface area (Å²) < 4.78 is 1.70. The molecule has 0 saturated carbocycles. The van der Waals surface area contributed by atoms with Crippen molar-refractivity contribution in [2.75, 3.05) is 5.32 Å². The van der Waals surface area contributed by atoms with Crippen molar-refractivity contribution in [3.63, 3.8) is 0 Å². The van der Waals surface area contributed by atoms with E-state index >= 15 is 0 Å². The lowest BCUT2D eigenvalue weighted by atomic mass is 10.4. The molecule has 2 rings (SSSR count). The average molecular weight is 216 g/mol. The quantitative estimate of drug-likeness (QED) is 0.846. The molecule has 2 aromatic rings. The monoisotopic (exact) mass is 216 g/mol. The number of nitrogens with one attached hydrogen (secondary N) is 1. The van der Waals surface area contributed by atoms with Gasteiger partial charge in [-0.1, -0.05) is 6.07 Å². The Morgan fingerprint density at radius 1 is 1.44 bits per heavy atom. The van der Waals surface area contributed by atoms with Gasteiger partial charge in [-0.3, -0.25) is 9.48 Å². The molecule has 82 valence electrons. The highest BCUT2D eigenvalue weighted by molar-refractivity contribution is 6.02. The molecule has 5 nitrogen and oxygen atoms in total. The van der Waals surface area contributed by atoms with Gasteiger partial charge in [-0.15, -0.1) is 0 Å². The van der Waals surface area contributed by atoms with E-state index in [4.69, 9.17) is 0 Å². The number of nitrogens with zero attached hydrogens (tertiary/aromatic N) is 3. The van der Waals surface area contributed by atoms with Crippen LogP contribution in [0.2, 0.25) is 0 Å². The van der Waals surface area contributed by atoms with Crippen LogP contribution in [0, 0.1) is 0 Å². The van der Waals surface area contributed by atoms with Gasteiger partial charge in [0.2, 0.25) is 0 Å². The van der Waals surface area contributed by atoms with Crippen LogP contribution in [0.3, 0.4) is 0 Å². The molecule has 0 aliphatic rings. The van der Waals surface area contributed by atoms with Crippen LogP contribution >= 0.6 is 0 Å². The molecular weight excluding hydrogens is 204 g/mol. The molecule has 5 heteroatoms. The maximum atomic E-state index is 11.7. The standard InChI is InChI=1S/C11H12N4O/c1-2-15-8-6-9(14-15)11(16)13-10-5-3-4-7-12-10/h3-8H,2H2,1H3,(H,12,13,16). The van der Waals surface area contributed by atoms with Crippen LogP contribution in [0.1, 0.15) is 17.4 Å². The number of hydrogen-bond acceptors (Lipinski definition) is 3. The Labute approximate surface area is 93.1 Å². The SMILES string of the molecule is CCn1ccc(C(=O)Nc2ccccn2)n1. The van der Waals surface area contributed by atoms with Crippen LogP contribution in [0.4, 0.5) is 5.82 Å². The first kappa shape index (κ1) is 10.4. The fourth-order valence-corrected chi connectivity index (χ4v) is 1.28. The average Bonchev–Trinajstić information content (AvgIpc) is 2.79. The second-order valence-electron chi connectivity index (χ2n) is 3.23. The van der Waals surface area contributed by atoms with Crippen LogP contribution < -0.4 is 5.32 Å². The van der Waals surface area contributed by atoms with Crippen molar-refractivity contribution >= 4 is 11.7 Å². The Morgan fingerprint density at radius 2 is 2.31 bits per heavy atom. The minimum atomic E-state index is -0.245. The highest BCUT2D eigenvalue weighted by Gasteiger charge is 2.09. The summed E-state index contributed by atoms with van der Waals surface area (Å²) in [6.07, 6.45) is 3.40. The van der Waals surface area contributed by atoms with Crippen molar-refractivity contribution in [1.29, 1.82) is 0 Å². The lowest BCUT2D eigenvalue weighted by Gasteiger charge is -2.00. The second kappa shape index (κ2) is 4.57. The number of hydrogen-bond donors (Lipinski definition) is 1. The number of aromatic nitrogens is 3. The molecule has 2 aromatic heterocycles. The van der Waals surface area contributed by atoms with Gasteiger partial charge in [0, 0.05) is 18.9 Å². The van der Waals surface area contributed by atoms with Crippen LogP contribution in [0.25, 0.3) is 0 Å². The van der Waals surface area contributed by atoms with E-state index in [0.29, 0.717) is 11.5 Å². The topological polar surface area (TPSA) is 59.8 Å². The lowest BCUT2D eigenvalue weighted by molar-refractivity contribution is 0.102. The summed E-state index contributed by atoms with van der Waals surface area (Å²) in [7, 11) is 0. The molecule has 1 amide bonds. The maximum Gasteiger partial charge on any atom is 0.277 e. The van der Waals surface area contributed by atoms with Crippen molar-refractivity contribution in [1.82, 2.24) is 14.8 Å². The first-order valence-corrected chi connectivity index (χ1v) is 5.05. The van der Waals surface area contributed by atoms with Gasteiger partial charge < -0.3 is 5.32 Å². The summed E-state index contributed by atoms with van der Waals surface area (Å²) in [5.74, 6) is 0.282. The van der Waals surface area contributed by atoms with E-state index in [9.17, 15) is 4.79 Å². The minimum absolute atomic E-state index is 0.245. The summed E-state index contributed by atoms with van der Waals surface area (Å²) in [4.78, 5) is 15.7. The van der Waals surface area contributed by atoms with E-state index in [0.717, 1.165) is 6.54 Å². The Bertz CT molecular complexity index is 478. The fourth-order valence-electron chi connectivity index (χ4n) is 1.28. The van der Waals surface area contributed by atoms with E-state index < -0.39 is 0 Å². The van der Waals surface area contributed by atoms with Crippen LogP contribution in [-0.2, 0) is 6.54 Å². The van der Waals surface area contributed by atoms with E-state index in [1.54, 1.807) is 35.3 Å². The number of amides is 1. The summed E-state index contributed by atoms with van der Waals surface area (Å²) in [6.45, 7) is 2.71. The molecule has 0 aliphatic heterocycles. The van der Waals surface area contributed by atoms with Gasteiger partial charge >= 0.3 is 0 Å². The molecule has 0 spiro atoms. The van der Waals surface area contributed by atoms with Gasteiger partial charge in [0.1, 0.15) is 5.82 Å². The van der Waals surface area contributed by atoms with Crippen molar-refractivity contribution in [2.45, 2.75) is 13.5 Å². The van der Waals surface area contributed by atoms with Crippen molar-refractivity contribution in [3.05, 3.63) is 42.4 Å². The molecule has 0 fully saturated rings. The summed E-state index contributed by atoms with van der Waals surface area (Å²) in [5, 5.41) is 6.77. The molecule has 0 atom stereocenters. The number of rotatable bonds is 3. The number of aryl methyl sites for hydroxylation is 1. The zero-order chi connectivity index (χ0) is 11.4. The van der Waals surface area contributed by atoms with Crippen LogP contribution in [0.5, 0.6) is 0 Å². The summed E-state index contributed by atoms with van der Waals surface area (Å²) in [6, 6.07) is 7.02. The van der Waals surface area contributed by atoms with E-state index in [1.807, 2.05) is 13.0 Å². The van der Waals surface area contributed by atoms with Crippen molar-refractivity contribution < 1.29 is 4.79 Å². The minimum Gasteiger partial charge on any atom is -0.305 e. The van der Waals surface area contributed by atoms with Crippen molar-refractivity contribution in [2.24, 2.45) is 0 Å². The lowest BCUT2D eigenvalue weighted by Crippen LogP contribution is -2.14. The van der Waals surface area contributed by atoms with Gasteiger partial charge in [0.25, 0.3) is 5.91 Å². The number of anilines is 1. The van der Waals surface area contributed by atoms with Crippen LogP contribution in [0.15, 0.2) is 36.7 Å². The van der Waals surface area contributed by atoms with Gasteiger partial charge in [-0.2, -0.15) is 5.10 Å². The molecule has 0 unspecified atom stereocenters. The van der Waals surface area contributed by atoms with Gasteiger partial charge in [-0.25, -0.2) is 4.98 Å². The Morgan fingerprint density at radius 3 is 2.94 bits per heavy atom. The first-order valence-electron chi connectivity index (χ1n) is 5.05. The first-order chi connectivity index (χ1) is 7.79. The third kappa shape index (κ3) is 2.25. The zero-order valence-corrected chi connectivity index (χ0v) is 8.92. The van der Waals surface area contributed by atoms with Crippen molar-refractivity contribution in [3.8, 4) is 0 Å². The molecule has 0 aliphatic carbocycles.